The molecule has 0 saturated carbocycles. The van der Waals surface area contributed by atoms with Crippen molar-refractivity contribution in [3.63, 3.8) is 0 Å². The number of hydrogen-bond acceptors (Lipinski definition) is 13. The van der Waals surface area contributed by atoms with E-state index >= 15 is 0 Å². The van der Waals surface area contributed by atoms with E-state index in [1.807, 2.05) is 0 Å². The Kier molecular flexibility index (Phi) is 23.1. The highest BCUT2D eigenvalue weighted by molar-refractivity contribution is 5.98. The molecule has 22 nitrogen and oxygen atoms in total. The summed E-state index contributed by atoms with van der Waals surface area (Å²) in [4.78, 5) is 117. The Bertz CT molecular complexity index is 1930. The van der Waals surface area contributed by atoms with Gasteiger partial charge in [0.15, 0.2) is 0 Å². The van der Waals surface area contributed by atoms with Crippen molar-refractivity contribution in [2.75, 3.05) is 13.2 Å². The van der Waals surface area contributed by atoms with E-state index in [2.05, 4.69) is 37.2 Å². The van der Waals surface area contributed by atoms with Crippen LogP contribution in [0.3, 0.4) is 0 Å². The molecule has 0 spiro atoms. The van der Waals surface area contributed by atoms with E-state index in [0.717, 1.165) is 0 Å². The van der Waals surface area contributed by atoms with Gasteiger partial charge in [-0.05, 0) is 75.3 Å². The monoisotopic (exact) mass is 913 g/mol. The van der Waals surface area contributed by atoms with Crippen molar-refractivity contribution in [2.45, 2.75) is 121 Å². The standard InChI is InChI=1S/C43H63N9O13/c1-23(2)18-30(39(60)47-29(43(64)65)12-8-9-17-44)49-41(62)33(21-35(55)56)51-40(61)32(20-27-13-15-28(54)16-14-27)50-42(63)34(22-53)52-37(58)25(4)46-38(59)31(48-36(57)24(3)45)19-26-10-6-5-7-11-26/h5-7,10-11,13-16,23-25,29-34,53-54H,8-9,12,17-22,44-45H2,1-4H3,(H,46,59)(H,47,60)(H,48,57)(H,49,62)(H,50,63)(H,51,61)(H,52,58)(H,55,56)(H,64,65)/t24-,25-,29+,30+,31-,32+,33-,34+/m1/s1. The molecular weight excluding hydrogens is 851 g/mol. The number of aliphatic carboxylic acids is 2. The molecule has 0 heterocycles. The zero-order chi connectivity index (χ0) is 48.8. The summed E-state index contributed by atoms with van der Waals surface area (Å²) in [5, 5.41) is 56.2. The van der Waals surface area contributed by atoms with Gasteiger partial charge in [0.1, 0.15) is 48.0 Å². The van der Waals surface area contributed by atoms with Crippen molar-refractivity contribution < 1.29 is 63.6 Å². The Morgan fingerprint density at radius 3 is 1.54 bits per heavy atom. The van der Waals surface area contributed by atoms with Crippen LogP contribution in [0.1, 0.15) is 70.9 Å². The zero-order valence-corrected chi connectivity index (χ0v) is 36.9. The quantitative estimate of drug-likeness (QED) is 0.0398. The van der Waals surface area contributed by atoms with Crippen LogP contribution in [0, 0.1) is 5.92 Å². The Labute approximate surface area is 376 Å². The third-order valence-electron chi connectivity index (χ3n) is 9.82. The van der Waals surface area contributed by atoms with Crippen LogP contribution in [-0.2, 0) is 56.0 Å². The molecule has 0 aliphatic heterocycles. The van der Waals surface area contributed by atoms with Crippen LogP contribution in [0.5, 0.6) is 5.75 Å². The van der Waals surface area contributed by atoms with E-state index in [1.54, 1.807) is 44.2 Å². The Hall–Kier alpha value is -6.65. The van der Waals surface area contributed by atoms with Crippen molar-refractivity contribution in [3.05, 3.63) is 65.7 Å². The number of carboxylic acids is 2. The maximum absolute atomic E-state index is 13.9. The second-order valence-electron chi connectivity index (χ2n) is 16.0. The van der Waals surface area contributed by atoms with E-state index in [-0.39, 0.29) is 37.4 Å². The van der Waals surface area contributed by atoms with Crippen molar-refractivity contribution in [3.8, 4) is 5.75 Å². The van der Waals surface area contributed by atoms with E-state index < -0.39 is 115 Å². The predicted molar refractivity (Wildman–Crippen MR) is 234 cm³/mol. The van der Waals surface area contributed by atoms with Gasteiger partial charge in [-0.3, -0.25) is 38.4 Å². The van der Waals surface area contributed by atoms with Crippen LogP contribution in [-0.4, -0.2) is 135 Å². The first-order valence-electron chi connectivity index (χ1n) is 21.1. The van der Waals surface area contributed by atoms with Gasteiger partial charge in [-0.2, -0.15) is 0 Å². The number of carbonyl (C=O) groups excluding carboxylic acids is 7. The van der Waals surface area contributed by atoms with Gasteiger partial charge >= 0.3 is 11.9 Å². The third kappa shape index (κ3) is 19.7. The van der Waals surface area contributed by atoms with Crippen molar-refractivity contribution in [1.82, 2.24) is 37.2 Å². The van der Waals surface area contributed by atoms with Crippen LogP contribution in [0.15, 0.2) is 54.6 Å². The molecule has 0 fully saturated rings. The Morgan fingerprint density at radius 1 is 0.554 bits per heavy atom. The number of phenols is 1. The normalized spacial score (nSPS) is 14.7. The van der Waals surface area contributed by atoms with Crippen LogP contribution < -0.4 is 48.7 Å². The fraction of sp³-hybridized carbons (Fsp3) is 0.512. The lowest BCUT2D eigenvalue weighted by Crippen LogP contribution is -2.61. The first-order valence-corrected chi connectivity index (χ1v) is 21.1. The fourth-order valence-corrected chi connectivity index (χ4v) is 6.24. The van der Waals surface area contributed by atoms with Crippen LogP contribution in [0.25, 0.3) is 0 Å². The summed E-state index contributed by atoms with van der Waals surface area (Å²) >= 11 is 0. The molecular formula is C43H63N9O13. The highest BCUT2D eigenvalue weighted by Gasteiger charge is 2.34. The van der Waals surface area contributed by atoms with Crippen LogP contribution >= 0.6 is 0 Å². The topological polar surface area (TPSA) is 371 Å². The molecule has 65 heavy (non-hydrogen) atoms. The molecule has 0 radical (unpaired) electrons. The van der Waals surface area contributed by atoms with Crippen molar-refractivity contribution >= 4 is 53.3 Å². The average molecular weight is 914 g/mol. The van der Waals surface area contributed by atoms with Gasteiger partial charge in [-0.15, -0.1) is 0 Å². The van der Waals surface area contributed by atoms with E-state index in [0.29, 0.717) is 30.5 Å². The number of nitrogens with two attached hydrogens (primary N) is 2. The molecule has 0 aliphatic carbocycles. The number of carbonyl (C=O) groups is 9. The van der Waals surface area contributed by atoms with Gasteiger partial charge in [0.2, 0.25) is 41.4 Å². The number of unbranched alkanes of at least 4 members (excludes halogenated alkanes) is 1. The first kappa shape index (κ1) is 54.5. The molecule has 22 heteroatoms. The zero-order valence-electron chi connectivity index (χ0n) is 36.9. The van der Waals surface area contributed by atoms with Gasteiger partial charge in [-0.1, -0.05) is 56.3 Å². The Balaban J connectivity index is 2.31. The molecule has 2 aromatic carbocycles. The molecule has 358 valence electrons. The fourth-order valence-electron chi connectivity index (χ4n) is 6.24. The molecule has 0 saturated heterocycles. The van der Waals surface area contributed by atoms with Crippen LogP contribution in [0.2, 0.25) is 0 Å². The molecule has 0 bridgehead atoms. The number of benzene rings is 2. The maximum atomic E-state index is 13.9. The van der Waals surface area contributed by atoms with Crippen molar-refractivity contribution in [2.24, 2.45) is 17.4 Å². The second-order valence-corrected chi connectivity index (χ2v) is 16.0. The lowest BCUT2D eigenvalue weighted by atomic mass is 10.0. The third-order valence-corrected chi connectivity index (χ3v) is 9.82. The number of carboxylic acid groups (broad SMARTS) is 2. The Morgan fingerprint density at radius 2 is 1.02 bits per heavy atom. The van der Waals surface area contributed by atoms with E-state index in [9.17, 15) is 63.6 Å². The molecule has 0 aliphatic rings. The minimum atomic E-state index is -1.84. The number of nitrogens with one attached hydrogen (secondary N) is 7. The van der Waals surface area contributed by atoms with E-state index in [4.69, 9.17) is 11.5 Å². The summed E-state index contributed by atoms with van der Waals surface area (Å²) in [5.41, 5.74) is 12.2. The number of rotatable bonds is 28. The summed E-state index contributed by atoms with van der Waals surface area (Å²) < 4.78 is 0. The second kappa shape index (κ2) is 27.5. The molecule has 0 aromatic heterocycles. The minimum Gasteiger partial charge on any atom is -0.508 e. The summed E-state index contributed by atoms with van der Waals surface area (Å²) in [7, 11) is 0. The SMILES string of the molecule is CC(C)C[C@H](NC(=O)[C@@H](CC(=O)O)NC(=O)[C@H](Cc1ccc(O)cc1)NC(=O)[C@H](CO)NC(=O)[C@@H](C)NC(=O)[C@@H](Cc1ccccc1)NC(=O)[C@@H](C)N)C(=O)N[C@@H](CCCCN)C(=O)O. The molecule has 0 unspecified atom stereocenters. The highest BCUT2D eigenvalue weighted by atomic mass is 16.4. The number of aromatic hydroxyl groups is 1. The highest BCUT2D eigenvalue weighted by Crippen LogP contribution is 2.13. The number of hydrogen-bond donors (Lipinski definition) is 13. The maximum Gasteiger partial charge on any atom is 0.326 e. The van der Waals surface area contributed by atoms with Crippen LogP contribution in [0.4, 0.5) is 0 Å². The molecule has 2 rings (SSSR count). The van der Waals surface area contributed by atoms with Gasteiger partial charge in [0.25, 0.3) is 0 Å². The molecule has 7 amide bonds. The lowest BCUT2D eigenvalue weighted by Gasteiger charge is -2.27. The smallest absolute Gasteiger partial charge is 0.326 e. The summed E-state index contributed by atoms with van der Waals surface area (Å²) in [6, 6.07) is 2.78. The molecule has 15 N–H and O–H groups in total. The van der Waals surface area contributed by atoms with Gasteiger partial charge in [-0.25, -0.2) is 4.79 Å². The summed E-state index contributed by atoms with van der Waals surface area (Å²) in [6.07, 6.45) is -0.350. The largest absolute Gasteiger partial charge is 0.508 e. The summed E-state index contributed by atoms with van der Waals surface area (Å²) in [5.74, 6) is -9.76. The number of phenolic OH excluding ortho intramolecular Hbond substituents is 1. The van der Waals surface area contributed by atoms with Crippen molar-refractivity contribution in [1.29, 1.82) is 0 Å². The molecule has 2 aromatic rings. The van der Waals surface area contributed by atoms with Gasteiger partial charge < -0.3 is 69.1 Å². The number of aliphatic hydroxyl groups excluding tert-OH is 1. The predicted octanol–water partition coefficient (Wildman–Crippen LogP) is -2.34. The minimum absolute atomic E-state index is 0.00501. The van der Waals surface area contributed by atoms with Gasteiger partial charge in [0, 0.05) is 12.8 Å². The van der Waals surface area contributed by atoms with Gasteiger partial charge in [0.05, 0.1) is 19.1 Å². The number of aliphatic hydroxyl groups is 1. The first-order chi connectivity index (χ1) is 30.6. The summed E-state index contributed by atoms with van der Waals surface area (Å²) in [6.45, 7) is 5.45. The number of amides is 7. The van der Waals surface area contributed by atoms with E-state index in [1.165, 1.54) is 38.1 Å². The molecule has 8 atom stereocenters. The average Bonchev–Trinajstić information content (AvgIpc) is 3.24. The lowest BCUT2D eigenvalue weighted by molar-refractivity contribution is -0.143.